The van der Waals surface area contributed by atoms with E-state index in [1.807, 2.05) is 13.0 Å². The van der Waals surface area contributed by atoms with Crippen LogP contribution in [0.2, 0.25) is 0 Å². The van der Waals surface area contributed by atoms with Gasteiger partial charge in [-0.25, -0.2) is 4.79 Å². The number of carboxylic acid groups (broad SMARTS) is 1. The molecule has 0 saturated carbocycles. The predicted octanol–water partition coefficient (Wildman–Crippen LogP) is 3.49. The fourth-order valence-electron chi connectivity index (χ4n) is 1.47. The van der Waals surface area contributed by atoms with Gasteiger partial charge in [-0.1, -0.05) is 46.3 Å². The number of unbranched alkanes of at least 4 members (excludes halogenated alkanes) is 1. The molecular formula is C14H26O3. The summed E-state index contributed by atoms with van der Waals surface area (Å²) in [5.74, 6) is -0.353. The average Bonchev–Trinajstić information content (AvgIpc) is 2.23. The Morgan fingerprint density at radius 1 is 1.35 bits per heavy atom. The first-order valence-corrected chi connectivity index (χ1v) is 6.50. The summed E-state index contributed by atoms with van der Waals surface area (Å²) in [6.07, 6.45) is 6.19. The number of hydrogen-bond acceptors (Lipinski definition) is 2. The molecule has 100 valence electrons. The number of carbonyl (C=O) groups is 1. The van der Waals surface area contributed by atoms with Crippen LogP contribution >= 0.6 is 0 Å². The van der Waals surface area contributed by atoms with Crippen molar-refractivity contribution in [3.8, 4) is 0 Å². The Morgan fingerprint density at radius 2 is 2.00 bits per heavy atom. The molecule has 0 aromatic heterocycles. The summed E-state index contributed by atoms with van der Waals surface area (Å²) in [6.45, 7) is 8.76. The fourth-order valence-corrected chi connectivity index (χ4v) is 1.47. The molecule has 0 fully saturated rings. The highest BCUT2D eigenvalue weighted by molar-refractivity contribution is 5.73. The third-order valence-electron chi connectivity index (χ3n) is 2.56. The third-order valence-corrected chi connectivity index (χ3v) is 2.56. The second-order valence-electron chi connectivity index (χ2n) is 4.90. The number of hydrogen-bond donors (Lipinski definition) is 1. The minimum Gasteiger partial charge on any atom is -0.479 e. The van der Waals surface area contributed by atoms with Crippen LogP contribution in [0.3, 0.4) is 0 Å². The predicted molar refractivity (Wildman–Crippen MR) is 70.0 cm³/mol. The van der Waals surface area contributed by atoms with E-state index in [1.165, 1.54) is 0 Å². The zero-order valence-corrected chi connectivity index (χ0v) is 11.5. The average molecular weight is 242 g/mol. The van der Waals surface area contributed by atoms with Crippen LogP contribution in [-0.4, -0.2) is 23.8 Å². The van der Waals surface area contributed by atoms with Crippen molar-refractivity contribution in [1.29, 1.82) is 0 Å². The number of aliphatic carboxylic acids is 1. The second kappa shape index (κ2) is 9.23. The van der Waals surface area contributed by atoms with Gasteiger partial charge < -0.3 is 9.84 Å². The molecule has 0 aliphatic carbocycles. The summed E-state index contributed by atoms with van der Waals surface area (Å²) in [4.78, 5) is 11.1. The monoisotopic (exact) mass is 242 g/mol. The van der Waals surface area contributed by atoms with Gasteiger partial charge in [0.05, 0.1) is 0 Å². The molecule has 17 heavy (non-hydrogen) atoms. The van der Waals surface area contributed by atoms with Gasteiger partial charge in [-0.2, -0.15) is 0 Å². The summed E-state index contributed by atoms with van der Waals surface area (Å²) >= 11 is 0. The van der Waals surface area contributed by atoms with Gasteiger partial charge in [-0.15, -0.1) is 0 Å². The Labute approximate surface area is 105 Å². The molecule has 0 rings (SSSR count). The molecule has 0 spiro atoms. The Balaban J connectivity index is 4.19. The van der Waals surface area contributed by atoms with E-state index in [1.54, 1.807) is 0 Å². The lowest BCUT2D eigenvalue weighted by atomic mass is 10.0. The Morgan fingerprint density at radius 3 is 2.47 bits per heavy atom. The van der Waals surface area contributed by atoms with Gasteiger partial charge in [0.2, 0.25) is 0 Å². The lowest BCUT2D eigenvalue weighted by Gasteiger charge is -2.17. The summed E-state index contributed by atoms with van der Waals surface area (Å²) in [5.41, 5.74) is 0. The molecule has 0 aliphatic heterocycles. The first-order chi connectivity index (χ1) is 7.99. The van der Waals surface area contributed by atoms with Crippen LogP contribution in [0.25, 0.3) is 0 Å². The van der Waals surface area contributed by atoms with Gasteiger partial charge in [0.25, 0.3) is 0 Å². The van der Waals surface area contributed by atoms with E-state index < -0.39 is 12.1 Å². The quantitative estimate of drug-likeness (QED) is 0.497. The zero-order valence-electron chi connectivity index (χ0n) is 11.5. The van der Waals surface area contributed by atoms with Crippen LogP contribution < -0.4 is 0 Å². The van der Waals surface area contributed by atoms with Crippen LogP contribution in [0.1, 0.15) is 47.0 Å². The number of carboxylic acids is 1. The molecule has 1 N–H and O–H groups in total. The molecule has 2 atom stereocenters. The Bertz CT molecular complexity index is 234. The number of rotatable bonds is 9. The van der Waals surface area contributed by atoms with Crippen LogP contribution in [0, 0.1) is 11.8 Å². The summed E-state index contributed by atoms with van der Waals surface area (Å²) in [6, 6.07) is 0. The standard InChI is InChI=1S/C14H26O3/c1-5-6-10-17-13(14(15)16)12(4)9-7-8-11(2)3/h7,9,11-13H,5-6,8,10H2,1-4H3,(H,15,16)/b9-7+. The highest BCUT2D eigenvalue weighted by atomic mass is 16.5. The van der Waals surface area contributed by atoms with Crippen LogP contribution in [0.4, 0.5) is 0 Å². The van der Waals surface area contributed by atoms with Crippen molar-refractivity contribution in [2.75, 3.05) is 6.61 Å². The van der Waals surface area contributed by atoms with E-state index in [2.05, 4.69) is 26.8 Å². The van der Waals surface area contributed by atoms with E-state index in [9.17, 15) is 4.79 Å². The Kier molecular flexibility index (Phi) is 8.78. The highest BCUT2D eigenvalue weighted by Gasteiger charge is 2.23. The van der Waals surface area contributed by atoms with Gasteiger partial charge in [-0.3, -0.25) is 0 Å². The molecule has 0 amide bonds. The fraction of sp³-hybridized carbons (Fsp3) is 0.786. The molecule has 3 heteroatoms. The lowest BCUT2D eigenvalue weighted by Crippen LogP contribution is -2.30. The van der Waals surface area contributed by atoms with E-state index in [0.29, 0.717) is 12.5 Å². The molecule has 3 nitrogen and oxygen atoms in total. The maximum absolute atomic E-state index is 11.1. The van der Waals surface area contributed by atoms with Gasteiger partial charge >= 0.3 is 5.97 Å². The summed E-state index contributed by atoms with van der Waals surface area (Å²) < 4.78 is 5.41. The van der Waals surface area contributed by atoms with Crippen molar-refractivity contribution in [2.45, 2.75) is 53.1 Å². The summed E-state index contributed by atoms with van der Waals surface area (Å²) in [5, 5.41) is 9.09. The molecule has 0 aromatic rings. The lowest BCUT2D eigenvalue weighted by molar-refractivity contribution is -0.152. The molecular weight excluding hydrogens is 216 g/mol. The van der Waals surface area contributed by atoms with Gasteiger partial charge in [-0.05, 0) is 18.8 Å². The van der Waals surface area contributed by atoms with Crippen molar-refractivity contribution in [2.24, 2.45) is 11.8 Å². The minimum atomic E-state index is -0.872. The molecule has 0 saturated heterocycles. The first-order valence-electron chi connectivity index (χ1n) is 6.50. The van der Waals surface area contributed by atoms with Crippen molar-refractivity contribution >= 4 is 5.97 Å². The molecule has 2 unspecified atom stereocenters. The maximum atomic E-state index is 11.1. The van der Waals surface area contributed by atoms with Crippen molar-refractivity contribution < 1.29 is 14.6 Å². The number of allylic oxidation sites excluding steroid dienone is 1. The summed E-state index contributed by atoms with van der Waals surface area (Å²) in [7, 11) is 0. The molecule has 0 heterocycles. The smallest absolute Gasteiger partial charge is 0.333 e. The first kappa shape index (κ1) is 16.2. The van der Waals surface area contributed by atoms with Gasteiger partial charge in [0.15, 0.2) is 6.10 Å². The van der Waals surface area contributed by atoms with Crippen molar-refractivity contribution in [3.05, 3.63) is 12.2 Å². The largest absolute Gasteiger partial charge is 0.479 e. The van der Waals surface area contributed by atoms with E-state index in [4.69, 9.17) is 9.84 Å². The van der Waals surface area contributed by atoms with Crippen molar-refractivity contribution in [1.82, 2.24) is 0 Å². The second-order valence-corrected chi connectivity index (χ2v) is 4.90. The van der Waals surface area contributed by atoms with Crippen molar-refractivity contribution in [3.63, 3.8) is 0 Å². The minimum absolute atomic E-state index is 0.0805. The SMILES string of the molecule is CCCCOC(C(=O)O)C(C)/C=C/CC(C)C. The van der Waals surface area contributed by atoms with Crippen LogP contribution in [0.5, 0.6) is 0 Å². The Hall–Kier alpha value is -0.830. The molecule has 0 aromatic carbocycles. The van der Waals surface area contributed by atoms with E-state index in [0.717, 1.165) is 19.3 Å². The highest BCUT2D eigenvalue weighted by Crippen LogP contribution is 2.12. The normalized spacial score (nSPS) is 15.4. The van der Waals surface area contributed by atoms with Gasteiger partial charge in [0, 0.05) is 12.5 Å². The van der Waals surface area contributed by atoms with Gasteiger partial charge in [0.1, 0.15) is 0 Å². The zero-order chi connectivity index (χ0) is 13.3. The molecule has 0 aliphatic rings. The number of ether oxygens (including phenoxy) is 1. The molecule has 0 radical (unpaired) electrons. The van der Waals surface area contributed by atoms with Crippen LogP contribution in [-0.2, 0) is 9.53 Å². The van der Waals surface area contributed by atoms with Crippen LogP contribution in [0.15, 0.2) is 12.2 Å². The topological polar surface area (TPSA) is 46.5 Å². The van der Waals surface area contributed by atoms with E-state index >= 15 is 0 Å². The maximum Gasteiger partial charge on any atom is 0.333 e. The third kappa shape index (κ3) is 7.97. The molecule has 0 bridgehead atoms. The van der Waals surface area contributed by atoms with E-state index in [-0.39, 0.29) is 5.92 Å².